The molecule has 0 radical (unpaired) electrons. The number of nitrogens with one attached hydrogen (secondary N) is 1. The molecule has 17 heavy (non-hydrogen) atoms. The summed E-state index contributed by atoms with van der Waals surface area (Å²) in [6, 6.07) is 1.91. The van der Waals surface area contributed by atoms with Gasteiger partial charge in [0, 0.05) is 31.7 Å². The van der Waals surface area contributed by atoms with Gasteiger partial charge in [0.2, 0.25) is 0 Å². The molecule has 1 N–H and O–H groups in total. The average molecular weight is 258 g/mol. The van der Waals surface area contributed by atoms with Crippen LogP contribution in [0.3, 0.4) is 0 Å². The largest absolute Gasteiger partial charge is 0.390 e. The molecule has 0 aliphatic carbocycles. The van der Waals surface area contributed by atoms with Crippen molar-refractivity contribution in [3.8, 4) is 6.07 Å². The Balaban J connectivity index is 2.48. The third-order valence-electron chi connectivity index (χ3n) is 2.35. The van der Waals surface area contributed by atoms with Crippen LogP contribution in [0.5, 0.6) is 0 Å². The maximum atomic E-state index is 11.9. The molecule has 1 fully saturated rings. The number of carbonyl (C=O) groups excluding carboxylic acids is 1. The second-order valence-electron chi connectivity index (χ2n) is 3.57. The topological polar surface area (TPSA) is 65.4 Å². The van der Waals surface area contributed by atoms with Crippen molar-refractivity contribution in [3.63, 3.8) is 0 Å². The first-order chi connectivity index (χ1) is 8.29. The molecule has 1 aliphatic heterocycles. The van der Waals surface area contributed by atoms with Crippen molar-refractivity contribution >= 4 is 17.5 Å². The molecule has 6 heteroatoms. The van der Waals surface area contributed by atoms with E-state index in [-0.39, 0.29) is 11.5 Å². The van der Waals surface area contributed by atoms with Crippen molar-refractivity contribution in [2.45, 2.75) is 6.42 Å². The lowest BCUT2D eigenvalue weighted by Gasteiger charge is -2.26. The van der Waals surface area contributed by atoms with Crippen LogP contribution >= 0.6 is 11.6 Å². The lowest BCUT2D eigenvalue weighted by Crippen LogP contribution is -2.41. The standard InChI is InChI=1S/C11H16ClN3O2/c12-2-1-3-14-9-10(8-13)11(16)15-4-6-17-7-5-15/h9,14H,1-7H2/b10-9-. The third-order valence-corrected chi connectivity index (χ3v) is 2.62. The number of ether oxygens (including phenoxy) is 1. The van der Waals surface area contributed by atoms with E-state index < -0.39 is 0 Å². The third kappa shape index (κ3) is 4.63. The van der Waals surface area contributed by atoms with Gasteiger partial charge in [-0.1, -0.05) is 0 Å². The number of hydrogen-bond donors (Lipinski definition) is 1. The van der Waals surface area contributed by atoms with Crippen molar-refractivity contribution in [2.75, 3.05) is 38.7 Å². The van der Waals surface area contributed by atoms with Gasteiger partial charge < -0.3 is 15.0 Å². The lowest BCUT2D eigenvalue weighted by atomic mass is 10.2. The summed E-state index contributed by atoms with van der Waals surface area (Å²) in [5, 5.41) is 11.8. The highest BCUT2D eigenvalue weighted by Crippen LogP contribution is 2.03. The molecular weight excluding hydrogens is 242 g/mol. The Morgan fingerprint density at radius 2 is 2.24 bits per heavy atom. The van der Waals surface area contributed by atoms with E-state index in [0.717, 1.165) is 6.42 Å². The first kappa shape index (κ1) is 13.8. The first-order valence-electron chi connectivity index (χ1n) is 5.56. The van der Waals surface area contributed by atoms with Crippen LogP contribution in [0.4, 0.5) is 0 Å². The Bertz CT molecular complexity index is 319. The Morgan fingerprint density at radius 3 is 2.82 bits per heavy atom. The number of amides is 1. The zero-order chi connectivity index (χ0) is 12.5. The summed E-state index contributed by atoms with van der Waals surface area (Å²) in [6.45, 7) is 2.80. The van der Waals surface area contributed by atoms with Gasteiger partial charge in [-0.05, 0) is 6.42 Å². The van der Waals surface area contributed by atoms with Crippen LogP contribution in [0.15, 0.2) is 11.8 Å². The molecule has 0 saturated carbocycles. The van der Waals surface area contributed by atoms with Gasteiger partial charge in [-0.25, -0.2) is 0 Å². The maximum Gasteiger partial charge on any atom is 0.266 e. The molecule has 0 aromatic carbocycles. The number of morpholine rings is 1. The van der Waals surface area contributed by atoms with Crippen LogP contribution in [0, 0.1) is 11.3 Å². The summed E-state index contributed by atoms with van der Waals surface area (Å²) in [7, 11) is 0. The maximum absolute atomic E-state index is 11.9. The summed E-state index contributed by atoms with van der Waals surface area (Å²) in [6.07, 6.45) is 2.26. The van der Waals surface area contributed by atoms with E-state index in [1.54, 1.807) is 4.90 Å². The molecule has 0 atom stereocenters. The Hall–Kier alpha value is -1.25. The molecule has 1 saturated heterocycles. The van der Waals surface area contributed by atoms with Gasteiger partial charge in [0.1, 0.15) is 11.6 Å². The van der Waals surface area contributed by atoms with E-state index >= 15 is 0 Å². The van der Waals surface area contributed by atoms with Crippen LogP contribution in [-0.4, -0.2) is 49.5 Å². The highest BCUT2D eigenvalue weighted by molar-refractivity contribution is 6.17. The molecule has 94 valence electrons. The number of nitrogens with zero attached hydrogens (tertiary/aromatic N) is 2. The normalized spacial score (nSPS) is 16.5. The number of hydrogen-bond acceptors (Lipinski definition) is 4. The minimum Gasteiger partial charge on any atom is -0.390 e. The molecule has 1 heterocycles. The fourth-order valence-corrected chi connectivity index (χ4v) is 1.56. The van der Waals surface area contributed by atoms with Crippen molar-refractivity contribution in [3.05, 3.63) is 11.8 Å². The van der Waals surface area contributed by atoms with Crippen molar-refractivity contribution < 1.29 is 9.53 Å². The highest BCUT2D eigenvalue weighted by Gasteiger charge is 2.20. The molecular formula is C11H16ClN3O2. The van der Waals surface area contributed by atoms with Gasteiger partial charge in [0.25, 0.3) is 5.91 Å². The van der Waals surface area contributed by atoms with Crippen LogP contribution in [0.25, 0.3) is 0 Å². The number of rotatable bonds is 5. The smallest absolute Gasteiger partial charge is 0.266 e. The minimum absolute atomic E-state index is 0.126. The van der Waals surface area contributed by atoms with Crippen molar-refractivity contribution in [1.82, 2.24) is 10.2 Å². The summed E-state index contributed by atoms with van der Waals surface area (Å²) in [4.78, 5) is 13.5. The van der Waals surface area contributed by atoms with Gasteiger partial charge in [-0.3, -0.25) is 4.79 Å². The van der Waals surface area contributed by atoms with Crippen LogP contribution in [0.2, 0.25) is 0 Å². The molecule has 1 rings (SSSR count). The quantitative estimate of drug-likeness (QED) is 0.337. The predicted octanol–water partition coefficient (Wildman–Crippen LogP) is 0.471. The highest BCUT2D eigenvalue weighted by atomic mass is 35.5. The Morgan fingerprint density at radius 1 is 1.53 bits per heavy atom. The second kappa shape index (κ2) is 7.93. The number of carbonyl (C=O) groups is 1. The number of halogens is 1. The molecule has 0 aromatic rings. The summed E-state index contributed by atoms with van der Waals surface area (Å²) in [5.41, 5.74) is 0.126. The summed E-state index contributed by atoms with van der Waals surface area (Å²) in [5.74, 6) is 0.314. The van der Waals surface area contributed by atoms with Crippen molar-refractivity contribution in [2.24, 2.45) is 0 Å². The number of nitriles is 1. The lowest BCUT2D eigenvalue weighted by molar-refractivity contribution is -0.130. The second-order valence-corrected chi connectivity index (χ2v) is 3.95. The van der Waals surface area contributed by atoms with Crippen LogP contribution in [-0.2, 0) is 9.53 Å². The fourth-order valence-electron chi connectivity index (χ4n) is 1.42. The van der Waals surface area contributed by atoms with Crippen LogP contribution < -0.4 is 5.32 Å². The monoisotopic (exact) mass is 257 g/mol. The predicted molar refractivity (Wildman–Crippen MR) is 64.4 cm³/mol. The molecule has 1 aliphatic rings. The van der Waals surface area contributed by atoms with E-state index in [1.807, 2.05) is 6.07 Å². The first-order valence-corrected chi connectivity index (χ1v) is 6.09. The van der Waals surface area contributed by atoms with Gasteiger partial charge in [-0.2, -0.15) is 5.26 Å². The Kier molecular flexibility index (Phi) is 6.45. The van der Waals surface area contributed by atoms with Gasteiger partial charge in [-0.15, -0.1) is 11.6 Å². The van der Waals surface area contributed by atoms with E-state index in [0.29, 0.717) is 38.7 Å². The molecule has 0 bridgehead atoms. The molecule has 5 nitrogen and oxygen atoms in total. The van der Waals surface area contributed by atoms with E-state index in [4.69, 9.17) is 21.6 Å². The van der Waals surface area contributed by atoms with E-state index in [2.05, 4.69) is 5.32 Å². The minimum atomic E-state index is -0.242. The van der Waals surface area contributed by atoms with Gasteiger partial charge >= 0.3 is 0 Å². The summed E-state index contributed by atoms with van der Waals surface area (Å²) < 4.78 is 5.15. The zero-order valence-corrected chi connectivity index (χ0v) is 10.4. The number of alkyl halides is 1. The van der Waals surface area contributed by atoms with Gasteiger partial charge in [0.05, 0.1) is 13.2 Å². The van der Waals surface area contributed by atoms with E-state index in [9.17, 15) is 4.79 Å². The van der Waals surface area contributed by atoms with Crippen LogP contribution in [0.1, 0.15) is 6.42 Å². The SMILES string of the molecule is N#C/C(=C/NCCCCl)C(=O)N1CCOCC1. The fraction of sp³-hybridized carbons (Fsp3) is 0.636. The zero-order valence-electron chi connectivity index (χ0n) is 9.62. The van der Waals surface area contributed by atoms with E-state index in [1.165, 1.54) is 6.20 Å². The van der Waals surface area contributed by atoms with Crippen molar-refractivity contribution in [1.29, 1.82) is 5.26 Å². The Labute approximate surface area is 106 Å². The molecule has 0 aromatic heterocycles. The van der Waals surface area contributed by atoms with Gasteiger partial charge in [0.15, 0.2) is 0 Å². The molecule has 1 amide bonds. The molecule has 0 spiro atoms. The molecule has 0 unspecified atom stereocenters. The average Bonchev–Trinajstić information content (AvgIpc) is 2.39. The summed E-state index contributed by atoms with van der Waals surface area (Å²) >= 11 is 5.52.